The number of aliphatic hydroxyl groups excluding tert-OH is 1. The highest BCUT2D eigenvalue weighted by atomic mass is 19.1. The number of pyridine rings is 1. The van der Waals surface area contributed by atoms with E-state index in [1.807, 2.05) is 0 Å². The molecule has 1 amide bonds. The summed E-state index contributed by atoms with van der Waals surface area (Å²) in [4.78, 5) is 17.6. The van der Waals surface area contributed by atoms with E-state index in [9.17, 15) is 18.7 Å². The van der Waals surface area contributed by atoms with Gasteiger partial charge in [-0.05, 0) is 59.8 Å². The van der Waals surface area contributed by atoms with Crippen molar-refractivity contribution in [2.75, 3.05) is 6.61 Å². The number of hydrogen-bond acceptors (Lipinski definition) is 7. The topological polar surface area (TPSA) is 145 Å². The van der Waals surface area contributed by atoms with Crippen LogP contribution in [0.2, 0.25) is 0 Å². The summed E-state index contributed by atoms with van der Waals surface area (Å²) in [6, 6.07) is 14.2. The maximum atomic E-state index is 15.0. The lowest BCUT2D eigenvalue weighted by atomic mass is 10.0. The molecule has 186 valence electrons. The molecule has 1 unspecified atom stereocenters. The Labute approximate surface area is 208 Å². The smallest absolute Gasteiger partial charge is 0.252 e. The monoisotopic (exact) mass is 502 g/mol. The van der Waals surface area contributed by atoms with Crippen LogP contribution in [0.4, 0.5) is 8.78 Å². The lowest BCUT2D eigenvalue weighted by Gasteiger charge is -2.18. The molecular formula is C25H20F2N8O2. The van der Waals surface area contributed by atoms with E-state index in [1.54, 1.807) is 36.5 Å². The fourth-order valence-corrected chi connectivity index (χ4v) is 3.94. The van der Waals surface area contributed by atoms with Gasteiger partial charge in [0.25, 0.3) is 5.91 Å². The summed E-state index contributed by atoms with van der Waals surface area (Å²) >= 11 is 0. The zero-order valence-electron chi connectivity index (χ0n) is 19.2. The number of H-pyrrole nitrogens is 2. The molecule has 3 heterocycles. The van der Waals surface area contributed by atoms with Crippen molar-refractivity contribution in [1.29, 1.82) is 0 Å². The Bertz CT molecular complexity index is 1520. The van der Waals surface area contributed by atoms with Crippen molar-refractivity contribution < 1.29 is 18.7 Å². The minimum atomic E-state index is -0.735. The average molecular weight is 502 g/mol. The molecule has 0 saturated carbocycles. The second-order valence-electron chi connectivity index (χ2n) is 8.13. The maximum Gasteiger partial charge on any atom is 0.252 e. The van der Waals surface area contributed by atoms with Crippen LogP contribution in [0.1, 0.15) is 16.1 Å². The summed E-state index contributed by atoms with van der Waals surface area (Å²) in [6.07, 6.45) is 1.74. The van der Waals surface area contributed by atoms with Gasteiger partial charge >= 0.3 is 0 Å². The number of halogens is 2. The molecule has 12 heteroatoms. The molecule has 0 aliphatic carbocycles. The van der Waals surface area contributed by atoms with E-state index in [0.717, 1.165) is 0 Å². The first-order valence-electron chi connectivity index (χ1n) is 11.2. The first kappa shape index (κ1) is 23.9. The lowest BCUT2D eigenvalue weighted by Crippen LogP contribution is -2.39. The Balaban J connectivity index is 1.40. The van der Waals surface area contributed by atoms with Gasteiger partial charge in [-0.2, -0.15) is 10.3 Å². The molecule has 2 aromatic carbocycles. The number of nitrogens with one attached hydrogen (secondary N) is 3. The standard InChI is InChI=1S/C25H20F2N8O2/c26-15-8-6-14(7-9-15)20-12-22(31-30-20)23-18(3-1-5-19(23)27)25(37)29-16(13-36)11-21-17(4-2-10-28-21)24-32-34-35-33-24/h1-10,12,16,36H,11,13H2,(H,29,37)(H,30,31)(H,32,33,34,35). The normalized spacial score (nSPS) is 11.9. The van der Waals surface area contributed by atoms with Gasteiger partial charge in [0.15, 0.2) is 0 Å². The summed E-state index contributed by atoms with van der Waals surface area (Å²) in [6.45, 7) is -0.391. The van der Waals surface area contributed by atoms with Gasteiger partial charge in [-0.25, -0.2) is 8.78 Å². The minimum Gasteiger partial charge on any atom is -0.394 e. The number of carbonyl (C=O) groups is 1. The third-order valence-electron chi connectivity index (χ3n) is 5.72. The third-order valence-corrected chi connectivity index (χ3v) is 5.72. The Kier molecular flexibility index (Phi) is 6.72. The van der Waals surface area contributed by atoms with Crippen LogP contribution >= 0.6 is 0 Å². The molecule has 0 aliphatic rings. The average Bonchev–Trinajstić information content (AvgIpc) is 3.62. The second kappa shape index (κ2) is 10.4. The Morgan fingerprint density at radius 2 is 1.89 bits per heavy atom. The van der Waals surface area contributed by atoms with E-state index in [1.165, 1.54) is 30.3 Å². The van der Waals surface area contributed by atoms with Gasteiger partial charge in [-0.15, -0.1) is 10.2 Å². The van der Waals surface area contributed by atoms with Crippen LogP contribution in [-0.2, 0) is 6.42 Å². The largest absolute Gasteiger partial charge is 0.394 e. The first-order valence-corrected chi connectivity index (χ1v) is 11.2. The van der Waals surface area contributed by atoms with E-state index in [2.05, 4.69) is 41.1 Å². The van der Waals surface area contributed by atoms with E-state index >= 15 is 0 Å². The van der Waals surface area contributed by atoms with Crippen LogP contribution in [0.5, 0.6) is 0 Å². The third kappa shape index (κ3) is 5.09. The number of tetrazole rings is 1. The molecule has 5 aromatic rings. The number of nitrogens with zero attached hydrogens (tertiary/aromatic N) is 5. The van der Waals surface area contributed by atoms with E-state index in [4.69, 9.17) is 0 Å². The number of rotatable bonds is 8. The van der Waals surface area contributed by atoms with Gasteiger partial charge in [-0.3, -0.25) is 14.9 Å². The molecule has 3 aromatic heterocycles. The van der Waals surface area contributed by atoms with Crippen LogP contribution in [0.25, 0.3) is 33.9 Å². The summed E-state index contributed by atoms with van der Waals surface area (Å²) < 4.78 is 28.3. The Hall–Kier alpha value is -4.84. The van der Waals surface area contributed by atoms with Gasteiger partial charge in [0.05, 0.1) is 35.3 Å². The summed E-state index contributed by atoms with van der Waals surface area (Å²) in [7, 11) is 0. The molecule has 1 atom stereocenters. The Morgan fingerprint density at radius 1 is 1.05 bits per heavy atom. The van der Waals surface area contributed by atoms with Crippen molar-refractivity contribution in [2.45, 2.75) is 12.5 Å². The number of aromatic nitrogens is 7. The molecule has 0 fully saturated rings. The van der Waals surface area contributed by atoms with Gasteiger partial charge in [0.1, 0.15) is 11.6 Å². The number of amides is 1. The van der Waals surface area contributed by atoms with Crippen LogP contribution in [0.3, 0.4) is 0 Å². The second-order valence-corrected chi connectivity index (χ2v) is 8.13. The summed E-state index contributed by atoms with van der Waals surface area (Å²) in [5.41, 5.74) is 2.56. The van der Waals surface area contributed by atoms with Crippen molar-refractivity contribution in [3.05, 3.63) is 89.8 Å². The lowest BCUT2D eigenvalue weighted by molar-refractivity contribution is 0.0916. The maximum absolute atomic E-state index is 15.0. The molecule has 4 N–H and O–H groups in total. The molecule has 0 bridgehead atoms. The van der Waals surface area contributed by atoms with Gasteiger partial charge in [0.2, 0.25) is 5.82 Å². The molecule has 0 spiro atoms. The molecule has 0 radical (unpaired) electrons. The number of hydrogen-bond donors (Lipinski definition) is 4. The predicted octanol–water partition coefficient (Wildman–Crippen LogP) is 2.93. The Morgan fingerprint density at radius 3 is 2.65 bits per heavy atom. The predicted molar refractivity (Wildman–Crippen MR) is 129 cm³/mol. The SMILES string of the molecule is O=C(NC(CO)Cc1ncccc1-c1nn[nH]n1)c1cccc(F)c1-c1cc(-c2ccc(F)cc2)n[nH]1. The quantitative estimate of drug-likeness (QED) is 0.255. The van der Waals surface area contributed by atoms with Crippen LogP contribution in [0.15, 0.2) is 66.9 Å². The fourth-order valence-electron chi connectivity index (χ4n) is 3.94. The number of carbonyl (C=O) groups excluding carboxylic acids is 1. The minimum absolute atomic E-state index is 0.0165. The number of aromatic amines is 2. The van der Waals surface area contributed by atoms with Crippen LogP contribution in [0, 0.1) is 11.6 Å². The highest BCUT2D eigenvalue weighted by Gasteiger charge is 2.23. The summed E-state index contributed by atoms with van der Waals surface area (Å²) in [5, 5.41) is 33.5. The highest BCUT2D eigenvalue weighted by molar-refractivity contribution is 6.01. The van der Waals surface area contributed by atoms with Crippen molar-refractivity contribution >= 4 is 5.91 Å². The summed E-state index contributed by atoms with van der Waals surface area (Å²) in [5.74, 6) is -1.29. The van der Waals surface area contributed by atoms with E-state index < -0.39 is 24.4 Å². The van der Waals surface area contributed by atoms with Crippen molar-refractivity contribution in [3.63, 3.8) is 0 Å². The highest BCUT2D eigenvalue weighted by Crippen LogP contribution is 2.29. The van der Waals surface area contributed by atoms with Gasteiger partial charge in [0, 0.05) is 29.3 Å². The van der Waals surface area contributed by atoms with Crippen molar-refractivity contribution in [2.24, 2.45) is 0 Å². The molecule has 37 heavy (non-hydrogen) atoms. The molecular weight excluding hydrogens is 482 g/mol. The van der Waals surface area contributed by atoms with Crippen LogP contribution < -0.4 is 5.32 Å². The van der Waals surface area contributed by atoms with E-state index in [0.29, 0.717) is 28.3 Å². The molecule has 0 aliphatic heterocycles. The van der Waals surface area contributed by atoms with Gasteiger partial charge in [-0.1, -0.05) is 6.07 Å². The first-order chi connectivity index (χ1) is 18.0. The zero-order valence-corrected chi connectivity index (χ0v) is 19.2. The molecule has 5 rings (SSSR count). The van der Waals surface area contributed by atoms with E-state index in [-0.39, 0.29) is 29.1 Å². The number of benzene rings is 2. The molecule has 10 nitrogen and oxygen atoms in total. The fraction of sp³-hybridized carbons (Fsp3) is 0.120. The van der Waals surface area contributed by atoms with Crippen molar-refractivity contribution in [3.8, 4) is 33.9 Å². The number of aliphatic hydroxyl groups is 1. The zero-order chi connectivity index (χ0) is 25.8. The molecule has 0 saturated heterocycles. The van der Waals surface area contributed by atoms with Gasteiger partial charge < -0.3 is 10.4 Å². The van der Waals surface area contributed by atoms with Crippen LogP contribution in [-0.4, -0.2) is 59.5 Å². The van der Waals surface area contributed by atoms with Crippen molar-refractivity contribution in [1.82, 2.24) is 41.1 Å².